The maximum absolute atomic E-state index is 11.4. The highest BCUT2D eigenvalue weighted by atomic mass is 16.6. The summed E-state index contributed by atoms with van der Waals surface area (Å²) in [4.78, 5) is 17.7. The second-order valence-electron chi connectivity index (χ2n) is 5.82. The van der Waals surface area contributed by atoms with Gasteiger partial charge in [0.1, 0.15) is 11.5 Å². The van der Waals surface area contributed by atoms with E-state index in [9.17, 15) is 10.1 Å². The van der Waals surface area contributed by atoms with Crippen molar-refractivity contribution in [1.82, 2.24) is 14.8 Å². The van der Waals surface area contributed by atoms with Gasteiger partial charge in [0, 0.05) is 38.4 Å². The number of aryl methyl sites for hydroxylation is 2. The first kappa shape index (κ1) is 17.2. The maximum atomic E-state index is 11.4. The van der Waals surface area contributed by atoms with Gasteiger partial charge in [-0.3, -0.25) is 10.1 Å². The molecule has 0 unspecified atom stereocenters. The van der Waals surface area contributed by atoms with E-state index < -0.39 is 0 Å². The van der Waals surface area contributed by atoms with Crippen molar-refractivity contribution in [3.63, 3.8) is 0 Å². The summed E-state index contributed by atoms with van der Waals surface area (Å²) in [5.74, 6) is 1.30. The smallest absolute Gasteiger partial charge is 0.333 e. The zero-order valence-corrected chi connectivity index (χ0v) is 14.4. The lowest BCUT2D eigenvalue weighted by Gasteiger charge is -2.29. The van der Waals surface area contributed by atoms with Crippen molar-refractivity contribution < 1.29 is 9.66 Å². The van der Waals surface area contributed by atoms with Crippen LogP contribution >= 0.6 is 0 Å². The van der Waals surface area contributed by atoms with Crippen LogP contribution in [0.2, 0.25) is 0 Å². The molecule has 1 saturated heterocycles. The lowest BCUT2D eigenvalue weighted by Crippen LogP contribution is -2.37. The SMILES string of the molecule is CCc1nn(C)c(NCc2cccnc2N2CCOCC2)c1[N+](=O)[O-]. The van der Waals surface area contributed by atoms with Crippen molar-refractivity contribution in [3.05, 3.63) is 39.7 Å². The second kappa shape index (κ2) is 7.47. The summed E-state index contributed by atoms with van der Waals surface area (Å²) in [5.41, 5.74) is 1.51. The van der Waals surface area contributed by atoms with Crippen LogP contribution in [0.5, 0.6) is 0 Å². The zero-order chi connectivity index (χ0) is 17.8. The quantitative estimate of drug-likeness (QED) is 0.628. The molecule has 2 aromatic heterocycles. The summed E-state index contributed by atoms with van der Waals surface area (Å²) in [6.07, 6.45) is 2.27. The summed E-state index contributed by atoms with van der Waals surface area (Å²) in [6, 6.07) is 3.85. The van der Waals surface area contributed by atoms with Crippen LogP contribution in [0.3, 0.4) is 0 Å². The highest BCUT2D eigenvalue weighted by Gasteiger charge is 2.25. The molecule has 2 aromatic rings. The molecule has 0 bridgehead atoms. The zero-order valence-electron chi connectivity index (χ0n) is 14.4. The van der Waals surface area contributed by atoms with E-state index in [1.165, 1.54) is 4.68 Å². The molecule has 0 atom stereocenters. The molecule has 0 radical (unpaired) electrons. The fraction of sp³-hybridized carbons (Fsp3) is 0.500. The van der Waals surface area contributed by atoms with E-state index in [4.69, 9.17) is 4.74 Å². The number of hydrogen-bond acceptors (Lipinski definition) is 7. The molecule has 1 fully saturated rings. The van der Waals surface area contributed by atoms with Gasteiger partial charge < -0.3 is 15.0 Å². The fourth-order valence-corrected chi connectivity index (χ4v) is 3.00. The Labute approximate surface area is 145 Å². The van der Waals surface area contributed by atoms with Crippen molar-refractivity contribution in [3.8, 4) is 0 Å². The molecule has 3 rings (SSSR count). The Balaban J connectivity index is 1.83. The minimum absolute atomic E-state index is 0.0433. The van der Waals surface area contributed by atoms with Crippen LogP contribution in [0, 0.1) is 10.1 Å². The van der Waals surface area contributed by atoms with Gasteiger partial charge in [0.25, 0.3) is 0 Å². The Morgan fingerprint density at radius 2 is 2.16 bits per heavy atom. The van der Waals surface area contributed by atoms with Gasteiger partial charge in [-0.2, -0.15) is 5.10 Å². The molecule has 9 nitrogen and oxygen atoms in total. The van der Waals surface area contributed by atoms with E-state index in [-0.39, 0.29) is 10.6 Å². The van der Waals surface area contributed by atoms with Crippen LogP contribution in [0.4, 0.5) is 17.3 Å². The third kappa shape index (κ3) is 3.55. The van der Waals surface area contributed by atoms with Crippen LogP contribution < -0.4 is 10.2 Å². The number of nitro groups is 1. The minimum atomic E-state index is -0.375. The number of pyridine rings is 1. The Bertz CT molecular complexity index is 754. The highest BCUT2D eigenvalue weighted by molar-refractivity contribution is 5.60. The topological polar surface area (TPSA) is 98.4 Å². The van der Waals surface area contributed by atoms with E-state index in [0.717, 1.165) is 24.5 Å². The Morgan fingerprint density at radius 1 is 1.40 bits per heavy atom. The third-order valence-corrected chi connectivity index (χ3v) is 4.23. The molecule has 134 valence electrons. The number of aromatic nitrogens is 3. The monoisotopic (exact) mass is 346 g/mol. The predicted octanol–water partition coefficient (Wildman–Crippen LogP) is 1.73. The number of ether oxygens (including phenoxy) is 1. The highest BCUT2D eigenvalue weighted by Crippen LogP contribution is 2.29. The standard InChI is InChI=1S/C16H22N6O3/c1-3-13-14(22(23)24)16(20(2)19-13)18-11-12-5-4-6-17-15(12)21-7-9-25-10-8-21/h4-6,18H,3,7-11H2,1-2H3. The number of nitrogens with one attached hydrogen (secondary N) is 1. The molecule has 0 saturated carbocycles. The van der Waals surface area contributed by atoms with Gasteiger partial charge in [0.15, 0.2) is 0 Å². The Kier molecular flexibility index (Phi) is 5.13. The van der Waals surface area contributed by atoms with Crippen molar-refractivity contribution in [2.75, 3.05) is 36.5 Å². The predicted molar refractivity (Wildman–Crippen MR) is 93.8 cm³/mol. The summed E-state index contributed by atoms with van der Waals surface area (Å²) in [6.45, 7) is 5.22. The first-order valence-corrected chi connectivity index (χ1v) is 8.32. The molecular weight excluding hydrogens is 324 g/mol. The minimum Gasteiger partial charge on any atom is -0.378 e. The van der Waals surface area contributed by atoms with Crippen LogP contribution in [-0.4, -0.2) is 46.0 Å². The van der Waals surface area contributed by atoms with E-state index in [0.29, 0.717) is 37.7 Å². The van der Waals surface area contributed by atoms with Gasteiger partial charge in [-0.25, -0.2) is 9.67 Å². The molecule has 0 amide bonds. The van der Waals surface area contributed by atoms with Gasteiger partial charge in [0.05, 0.1) is 18.1 Å². The average molecular weight is 346 g/mol. The van der Waals surface area contributed by atoms with Crippen LogP contribution in [-0.2, 0) is 24.8 Å². The molecule has 25 heavy (non-hydrogen) atoms. The molecule has 3 heterocycles. The van der Waals surface area contributed by atoms with Crippen molar-refractivity contribution in [2.24, 2.45) is 7.05 Å². The van der Waals surface area contributed by atoms with E-state index in [1.807, 2.05) is 19.1 Å². The molecule has 1 N–H and O–H groups in total. The fourth-order valence-electron chi connectivity index (χ4n) is 3.00. The van der Waals surface area contributed by atoms with Crippen molar-refractivity contribution >= 4 is 17.3 Å². The largest absolute Gasteiger partial charge is 0.378 e. The van der Waals surface area contributed by atoms with Crippen molar-refractivity contribution in [1.29, 1.82) is 0 Å². The first-order valence-electron chi connectivity index (χ1n) is 8.32. The second-order valence-corrected chi connectivity index (χ2v) is 5.82. The van der Waals surface area contributed by atoms with Gasteiger partial charge in [-0.05, 0) is 12.5 Å². The third-order valence-electron chi connectivity index (χ3n) is 4.23. The van der Waals surface area contributed by atoms with Crippen LogP contribution in [0.25, 0.3) is 0 Å². The average Bonchev–Trinajstić information content (AvgIpc) is 2.97. The summed E-state index contributed by atoms with van der Waals surface area (Å²) in [7, 11) is 1.71. The molecule has 1 aliphatic rings. The number of anilines is 2. The molecule has 0 aliphatic carbocycles. The van der Waals surface area contributed by atoms with Gasteiger partial charge >= 0.3 is 5.69 Å². The summed E-state index contributed by atoms with van der Waals surface area (Å²) < 4.78 is 6.92. The van der Waals surface area contributed by atoms with Gasteiger partial charge in [-0.1, -0.05) is 13.0 Å². The molecular formula is C16H22N6O3. The first-order chi connectivity index (χ1) is 12.1. The molecule has 0 spiro atoms. The normalized spacial score (nSPS) is 14.6. The molecule has 1 aliphatic heterocycles. The van der Waals surface area contributed by atoms with E-state index in [1.54, 1.807) is 13.2 Å². The Hall–Kier alpha value is -2.68. The van der Waals surface area contributed by atoms with Crippen LogP contribution in [0.15, 0.2) is 18.3 Å². The van der Waals surface area contributed by atoms with E-state index >= 15 is 0 Å². The molecule has 9 heteroatoms. The lowest BCUT2D eigenvalue weighted by atomic mass is 10.2. The summed E-state index contributed by atoms with van der Waals surface area (Å²) in [5, 5.41) is 18.8. The number of hydrogen-bond donors (Lipinski definition) is 1. The lowest BCUT2D eigenvalue weighted by molar-refractivity contribution is -0.384. The number of rotatable bonds is 6. The van der Waals surface area contributed by atoms with Gasteiger partial charge in [0.2, 0.25) is 5.82 Å². The van der Waals surface area contributed by atoms with Crippen LogP contribution in [0.1, 0.15) is 18.2 Å². The number of nitrogens with zero attached hydrogens (tertiary/aromatic N) is 5. The molecule has 0 aromatic carbocycles. The van der Waals surface area contributed by atoms with Gasteiger partial charge in [-0.15, -0.1) is 0 Å². The Morgan fingerprint density at radius 3 is 2.84 bits per heavy atom. The van der Waals surface area contributed by atoms with E-state index in [2.05, 4.69) is 20.3 Å². The summed E-state index contributed by atoms with van der Waals surface area (Å²) >= 11 is 0. The maximum Gasteiger partial charge on any atom is 0.333 e. The number of morpholine rings is 1. The van der Waals surface area contributed by atoms with Crippen molar-refractivity contribution in [2.45, 2.75) is 19.9 Å².